The van der Waals surface area contributed by atoms with Crippen LogP contribution in [0.5, 0.6) is 5.88 Å². The van der Waals surface area contributed by atoms with Gasteiger partial charge in [-0.3, -0.25) is 4.79 Å². The Morgan fingerprint density at radius 1 is 1.24 bits per heavy atom. The molecular formula is C16H23N3O2. The van der Waals surface area contributed by atoms with Gasteiger partial charge in [-0.15, -0.1) is 0 Å². The average Bonchev–Trinajstić information content (AvgIpc) is 2.35. The van der Waals surface area contributed by atoms with Crippen LogP contribution in [0.15, 0.2) is 6.07 Å². The van der Waals surface area contributed by atoms with E-state index in [1.54, 1.807) is 0 Å². The number of carbonyl (C=O) groups excluding carboxylic acids is 1. The van der Waals surface area contributed by atoms with Crippen LogP contribution in [-0.4, -0.2) is 40.0 Å². The summed E-state index contributed by atoms with van der Waals surface area (Å²) in [4.78, 5) is 22.9. The van der Waals surface area contributed by atoms with Crippen molar-refractivity contribution in [1.82, 2.24) is 14.9 Å². The molecular weight excluding hydrogens is 266 g/mol. The maximum atomic E-state index is 12.3. The standard InChI is InChI=1S/C16H23N3O2/c1-11-9-15(18-12(2)17-11)21-14-7-4-8-19(10-14)16(20)13-5-3-6-13/h9,13-14H,3-8,10H2,1-2H3/t14-/m1/s1. The van der Waals surface area contributed by atoms with E-state index >= 15 is 0 Å². The van der Waals surface area contributed by atoms with Crippen molar-refractivity contribution in [3.8, 4) is 5.88 Å². The van der Waals surface area contributed by atoms with Crippen LogP contribution < -0.4 is 4.74 Å². The first-order valence-electron chi connectivity index (χ1n) is 7.89. The monoisotopic (exact) mass is 289 g/mol. The Hall–Kier alpha value is -1.65. The number of hydrogen-bond acceptors (Lipinski definition) is 4. The van der Waals surface area contributed by atoms with Crippen molar-refractivity contribution in [1.29, 1.82) is 0 Å². The first kappa shape index (κ1) is 14.3. The molecule has 1 saturated carbocycles. The highest BCUT2D eigenvalue weighted by atomic mass is 16.5. The van der Waals surface area contributed by atoms with E-state index in [2.05, 4.69) is 9.97 Å². The number of amides is 1. The number of rotatable bonds is 3. The smallest absolute Gasteiger partial charge is 0.225 e. The summed E-state index contributed by atoms with van der Waals surface area (Å²) in [6.45, 7) is 5.37. The third kappa shape index (κ3) is 3.34. The molecule has 21 heavy (non-hydrogen) atoms. The number of aryl methyl sites for hydroxylation is 2. The van der Waals surface area contributed by atoms with Gasteiger partial charge in [-0.1, -0.05) is 6.42 Å². The Morgan fingerprint density at radius 2 is 2.05 bits per heavy atom. The summed E-state index contributed by atoms with van der Waals surface area (Å²) in [5, 5.41) is 0. The van der Waals surface area contributed by atoms with E-state index in [0.29, 0.717) is 18.3 Å². The Labute approximate surface area is 125 Å². The zero-order valence-electron chi connectivity index (χ0n) is 12.8. The van der Waals surface area contributed by atoms with E-state index in [1.807, 2.05) is 24.8 Å². The molecule has 114 valence electrons. The van der Waals surface area contributed by atoms with Crippen molar-refractivity contribution in [2.45, 2.75) is 52.1 Å². The minimum Gasteiger partial charge on any atom is -0.472 e. The fourth-order valence-electron chi connectivity index (χ4n) is 3.06. The molecule has 2 aliphatic rings. The van der Waals surface area contributed by atoms with Gasteiger partial charge >= 0.3 is 0 Å². The largest absolute Gasteiger partial charge is 0.472 e. The van der Waals surface area contributed by atoms with Crippen LogP contribution in [0, 0.1) is 19.8 Å². The molecule has 0 bridgehead atoms. The van der Waals surface area contributed by atoms with Gasteiger partial charge in [0.25, 0.3) is 0 Å². The number of nitrogens with zero attached hydrogens (tertiary/aromatic N) is 3. The summed E-state index contributed by atoms with van der Waals surface area (Å²) in [6, 6.07) is 1.86. The van der Waals surface area contributed by atoms with E-state index in [-0.39, 0.29) is 12.0 Å². The maximum Gasteiger partial charge on any atom is 0.225 e. The summed E-state index contributed by atoms with van der Waals surface area (Å²) in [5.74, 6) is 1.95. The van der Waals surface area contributed by atoms with Crippen LogP contribution in [0.2, 0.25) is 0 Å². The van der Waals surface area contributed by atoms with Gasteiger partial charge in [0.1, 0.15) is 11.9 Å². The highest BCUT2D eigenvalue weighted by molar-refractivity contribution is 5.79. The van der Waals surface area contributed by atoms with Crippen LogP contribution in [0.4, 0.5) is 0 Å². The number of hydrogen-bond donors (Lipinski definition) is 0. The van der Waals surface area contributed by atoms with Crippen molar-refractivity contribution in [3.63, 3.8) is 0 Å². The molecule has 3 rings (SSSR count). The van der Waals surface area contributed by atoms with Crippen molar-refractivity contribution < 1.29 is 9.53 Å². The lowest BCUT2D eigenvalue weighted by Crippen LogP contribution is -2.47. The zero-order valence-corrected chi connectivity index (χ0v) is 12.8. The van der Waals surface area contributed by atoms with Crippen molar-refractivity contribution >= 4 is 5.91 Å². The lowest BCUT2D eigenvalue weighted by Gasteiger charge is -2.37. The molecule has 0 aromatic carbocycles. The molecule has 0 unspecified atom stereocenters. The molecule has 1 aromatic rings. The predicted octanol–water partition coefficient (Wildman–Crippen LogP) is 2.26. The van der Waals surface area contributed by atoms with E-state index in [1.165, 1.54) is 6.42 Å². The molecule has 5 nitrogen and oxygen atoms in total. The fraction of sp³-hybridized carbons (Fsp3) is 0.688. The summed E-state index contributed by atoms with van der Waals surface area (Å²) in [5.41, 5.74) is 0.913. The topological polar surface area (TPSA) is 55.3 Å². The molecule has 0 spiro atoms. The minimum atomic E-state index is 0.0523. The Morgan fingerprint density at radius 3 is 2.71 bits per heavy atom. The van der Waals surface area contributed by atoms with Gasteiger partial charge in [0, 0.05) is 24.2 Å². The average molecular weight is 289 g/mol. The van der Waals surface area contributed by atoms with Crippen molar-refractivity contribution in [2.24, 2.45) is 5.92 Å². The second-order valence-corrected chi connectivity index (χ2v) is 6.19. The van der Waals surface area contributed by atoms with Gasteiger partial charge in [0.2, 0.25) is 11.8 Å². The fourth-order valence-corrected chi connectivity index (χ4v) is 3.06. The molecule has 1 amide bonds. The Kier molecular flexibility index (Phi) is 4.08. The Bertz CT molecular complexity index is 508. The van der Waals surface area contributed by atoms with Crippen LogP contribution in [0.1, 0.15) is 43.6 Å². The number of piperidine rings is 1. The first-order valence-corrected chi connectivity index (χ1v) is 7.89. The maximum absolute atomic E-state index is 12.3. The number of likely N-dealkylation sites (tertiary alicyclic amines) is 1. The summed E-state index contributed by atoms with van der Waals surface area (Å²) in [7, 11) is 0. The van der Waals surface area contributed by atoms with Gasteiger partial charge in [-0.05, 0) is 39.5 Å². The van der Waals surface area contributed by atoms with Gasteiger partial charge in [0.05, 0.1) is 6.54 Å². The van der Waals surface area contributed by atoms with Crippen molar-refractivity contribution in [3.05, 3.63) is 17.6 Å². The highest BCUT2D eigenvalue weighted by Crippen LogP contribution is 2.29. The van der Waals surface area contributed by atoms with Gasteiger partial charge in [0.15, 0.2) is 0 Å². The lowest BCUT2D eigenvalue weighted by atomic mass is 9.84. The molecule has 0 radical (unpaired) electrons. The molecule has 1 aliphatic carbocycles. The zero-order chi connectivity index (χ0) is 14.8. The third-order valence-electron chi connectivity index (χ3n) is 4.37. The second kappa shape index (κ2) is 6.00. The quantitative estimate of drug-likeness (QED) is 0.856. The SMILES string of the molecule is Cc1cc(O[C@@H]2CCCN(C(=O)C3CCC3)C2)nc(C)n1. The molecule has 1 saturated heterocycles. The number of aromatic nitrogens is 2. The van der Waals surface area contributed by atoms with Gasteiger partial charge in [-0.2, -0.15) is 4.98 Å². The highest BCUT2D eigenvalue weighted by Gasteiger charge is 2.32. The van der Waals surface area contributed by atoms with Crippen LogP contribution >= 0.6 is 0 Å². The van der Waals surface area contributed by atoms with Gasteiger partial charge < -0.3 is 9.64 Å². The minimum absolute atomic E-state index is 0.0523. The van der Waals surface area contributed by atoms with Crippen molar-refractivity contribution in [2.75, 3.05) is 13.1 Å². The second-order valence-electron chi connectivity index (χ2n) is 6.19. The third-order valence-corrected chi connectivity index (χ3v) is 4.37. The predicted molar refractivity (Wildman–Crippen MR) is 79.1 cm³/mol. The molecule has 1 atom stereocenters. The normalized spacial score (nSPS) is 22.8. The molecule has 5 heteroatoms. The molecule has 2 fully saturated rings. The summed E-state index contributed by atoms with van der Waals surface area (Å²) >= 11 is 0. The molecule has 0 N–H and O–H groups in total. The number of carbonyl (C=O) groups is 1. The van der Waals surface area contributed by atoms with Crippen LogP contribution in [0.25, 0.3) is 0 Å². The van der Waals surface area contributed by atoms with E-state index in [9.17, 15) is 4.79 Å². The first-order chi connectivity index (χ1) is 10.1. The van der Waals surface area contributed by atoms with E-state index in [4.69, 9.17) is 4.74 Å². The van der Waals surface area contributed by atoms with Gasteiger partial charge in [-0.25, -0.2) is 4.98 Å². The Balaban J connectivity index is 1.61. The van der Waals surface area contributed by atoms with Crippen LogP contribution in [-0.2, 0) is 4.79 Å². The lowest BCUT2D eigenvalue weighted by molar-refractivity contribution is -0.140. The summed E-state index contributed by atoms with van der Waals surface area (Å²) < 4.78 is 5.98. The molecule has 2 heterocycles. The van der Waals surface area contributed by atoms with E-state index < -0.39 is 0 Å². The summed E-state index contributed by atoms with van der Waals surface area (Å²) in [6.07, 6.45) is 5.36. The number of ether oxygens (including phenoxy) is 1. The van der Waals surface area contributed by atoms with E-state index in [0.717, 1.165) is 43.7 Å². The molecule has 1 aromatic heterocycles. The van der Waals surface area contributed by atoms with Crippen LogP contribution in [0.3, 0.4) is 0 Å². The molecule has 1 aliphatic heterocycles.